The maximum absolute atomic E-state index is 12.0. The number of benzene rings is 1. The fraction of sp³-hybridized carbons (Fsp3) is 0.529. The predicted molar refractivity (Wildman–Crippen MR) is 83.9 cm³/mol. The molecule has 2 rings (SSSR count). The summed E-state index contributed by atoms with van der Waals surface area (Å²) in [6, 6.07) is 7.29. The van der Waals surface area contributed by atoms with Crippen molar-refractivity contribution in [2.75, 3.05) is 5.32 Å². The summed E-state index contributed by atoms with van der Waals surface area (Å²) in [4.78, 5) is 23.3. The highest BCUT2D eigenvalue weighted by Gasteiger charge is 2.63. The molecule has 0 bridgehead atoms. The molecule has 1 aromatic rings. The second kappa shape index (κ2) is 5.30. The zero-order chi connectivity index (χ0) is 16.7. The normalized spacial score (nSPS) is 22.8. The summed E-state index contributed by atoms with van der Waals surface area (Å²) in [5, 5.41) is 12.1. The van der Waals surface area contributed by atoms with Gasteiger partial charge in [0.15, 0.2) is 0 Å². The second-order valence-corrected chi connectivity index (χ2v) is 7.33. The first-order valence-electron chi connectivity index (χ1n) is 7.36. The van der Waals surface area contributed by atoms with Crippen LogP contribution in [-0.2, 0) is 9.53 Å². The minimum absolute atomic E-state index is 0.115. The van der Waals surface area contributed by atoms with Crippen LogP contribution in [0.5, 0.6) is 0 Å². The van der Waals surface area contributed by atoms with E-state index >= 15 is 0 Å². The molecule has 22 heavy (non-hydrogen) atoms. The Morgan fingerprint density at radius 1 is 1.23 bits per heavy atom. The molecule has 120 valence electrons. The van der Waals surface area contributed by atoms with Crippen molar-refractivity contribution in [1.82, 2.24) is 0 Å². The van der Waals surface area contributed by atoms with E-state index in [1.54, 1.807) is 32.9 Å². The van der Waals surface area contributed by atoms with Crippen LogP contribution in [0, 0.1) is 11.3 Å². The Kier molecular flexibility index (Phi) is 3.94. The first kappa shape index (κ1) is 16.3. The van der Waals surface area contributed by atoms with Crippen molar-refractivity contribution in [2.24, 2.45) is 11.3 Å². The Labute approximate surface area is 130 Å². The summed E-state index contributed by atoms with van der Waals surface area (Å²) >= 11 is 0. The fourth-order valence-corrected chi connectivity index (χ4v) is 2.97. The monoisotopic (exact) mass is 305 g/mol. The minimum atomic E-state index is -0.804. The van der Waals surface area contributed by atoms with Crippen LogP contribution in [0.4, 0.5) is 10.5 Å². The van der Waals surface area contributed by atoms with Crippen LogP contribution in [0.3, 0.4) is 0 Å². The van der Waals surface area contributed by atoms with Gasteiger partial charge >= 0.3 is 12.1 Å². The number of hydrogen-bond donors (Lipinski definition) is 2. The molecule has 2 unspecified atom stereocenters. The highest BCUT2D eigenvalue weighted by atomic mass is 16.6. The lowest BCUT2D eigenvalue weighted by atomic mass is 10.0. The molecule has 5 nitrogen and oxygen atoms in total. The summed E-state index contributed by atoms with van der Waals surface area (Å²) < 4.78 is 5.26. The van der Waals surface area contributed by atoms with Crippen molar-refractivity contribution >= 4 is 17.7 Å². The number of carbonyl (C=O) groups excluding carboxylic acids is 1. The van der Waals surface area contributed by atoms with Gasteiger partial charge in [0, 0.05) is 11.6 Å². The van der Waals surface area contributed by atoms with E-state index in [4.69, 9.17) is 4.74 Å². The molecule has 0 saturated heterocycles. The average Bonchev–Trinajstić information content (AvgIpc) is 2.90. The minimum Gasteiger partial charge on any atom is -0.481 e. The van der Waals surface area contributed by atoms with Crippen molar-refractivity contribution in [2.45, 2.75) is 46.1 Å². The number of nitrogens with one attached hydrogen (secondary N) is 1. The van der Waals surface area contributed by atoms with E-state index < -0.39 is 23.6 Å². The molecule has 1 saturated carbocycles. The van der Waals surface area contributed by atoms with E-state index in [-0.39, 0.29) is 11.3 Å². The van der Waals surface area contributed by atoms with Gasteiger partial charge in [-0.15, -0.1) is 0 Å². The van der Waals surface area contributed by atoms with Gasteiger partial charge in [0.05, 0.1) is 5.92 Å². The van der Waals surface area contributed by atoms with Crippen molar-refractivity contribution in [1.29, 1.82) is 0 Å². The third-order valence-electron chi connectivity index (χ3n) is 4.02. The van der Waals surface area contributed by atoms with Gasteiger partial charge in [0.2, 0.25) is 0 Å². The predicted octanol–water partition coefficient (Wildman–Crippen LogP) is 3.86. The molecule has 1 aliphatic rings. The van der Waals surface area contributed by atoms with Crippen LogP contribution in [0.25, 0.3) is 0 Å². The van der Waals surface area contributed by atoms with Crippen LogP contribution in [0.15, 0.2) is 24.3 Å². The first-order chi connectivity index (χ1) is 10.0. The lowest BCUT2D eigenvalue weighted by Gasteiger charge is -2.20. The number of hydrogen-bond acceptors (Lipinski definition) is 3. The number of carboxylic acid groups (broad SMARTS) is 1. The van der Waals surface area contributed by atoms with E-state index in [1.165, 1.54) is 0 Å². The van der Waals surface area contributed by atoms with Crippen LogP contribution in [0.1, 0.15) is 46.1 Å². The second-order valence-electron chi connectivity index (χ2n) is 7.33. The van der Waals surface area contributed by atoms with Crippen molar-refractivity contribution < 1.29 is 19.4 Å². The van der Waals surface area contributed by atoms with Gasteiger partial charge in [-0.2, -0.15) is 0 Å². The van der Waals surface area contributed by atoms with Gasteiger partial charge in [-0.25, -0.2) is 4.79 Å². The quantitative estimate of drug-likeness (QED) is 0.889. The van der Waals surface area contributed by atoms with Gasteiger partial charge in [-0.3, -0.25) is 10.1 Å². The van der Waals surface area contributed by atoms with Crippen molar-refractivity contribution in [3.63, 3.8) is 0 Å². The smallest absolute Gasteiger partial charge is 0.412 e. The van der Waals surface area contributed by atoms with E-state index in [2.05, 4.69) is 5.32 Å². The zero-order valence-electron chi connectivity index (χ0n) is 13.6. The molecule has 1 aromatic carbocycles. The molecule has 1 fully saturated rings. The first-order valence-corrected chi connectivity index (χ1v) is 7.36. The zero-order valence-corrected chi connectivity index (χ0v) is 13.6. The number of para-hydroxylation sites is 1. The molecule has 1 amide bonds. The lowest BCUT2D eigenvalue weighted by Crippen LogP contribution is -2.27. The highest BCUT2D eigenvalue weighted by Crippen LogP contribution is 2.65. The molecular weight excluding hydrogens is 282 g/mol. The van der Waals surface area contributed by atoms with Crippen molar-refractivity contribution in [3.05, 3.63) is 29.8 Å². The number of carbonyl (C=O) groups is 2. The molecule has 0 radical (unpaired) electrons. The largest absolute Gasteiger partial charge is 0.481 e. The van der Waals surface area contributed by atoms with Gasteiger partial charge in [-0.1, -0.05) is 32.0 Å². The SMILES string of the molecule is CC(C)(C)OC(=O)Nc1ccccc1C1C(C(=O)O)C1(C)C. The average molecular weight is 305 g/mol. The van der Waals surface area contributed by atoms with E-state index in [0.29, 0.717) is 5.69 Å². The maximum atomic E-state index is 12.0. The Bertz CT molecular complexity index is 601. The Morgan fingerprint density at radius 3 is 2.32 bits per heavy atom. The molecule has 1 aliphatic carbocycles. The molecular formula is C17H23NO4. The number of anilines is 1. The number of amides is 1. The maximum Gasteiger partial charge on any atom is 0.412 e. The third kappa shape index (κ3) is 3.24. The number of rotatable bonds is 3. The lowest BCUT2D eigenvalue weighted by molar-refractivity contribution is -0.139. The van der Waals surface area contributed by atoms with Gasteiger partial charge < -0.3 is 9.84 Å². The van der Waals surface area contributed by atoms with E-state index in [1.807, 2.05) is 26.0 Å². The molecule has 5 heteroatoms. The third-order valence-corrected chi connectivity index (χ3v) is 4.02. The molecule has 0 spiro atoms. The summed E-state index contributed by atoms with van der Waals surface area (Å²) in [5.41, 5.74) is 0.545. The number of ether oxygens (including phenoxy) is 1. The standard InChI is InChI=1S/C17H23NO4/c1-16(2,3)22-15(21)18-11-9-7-6-8-10(11)12-13(14(19)20)17(12,4)5/h6-9,12-13H,1-5H3,(H,18,21)(H,19,20). The van der Waals surface area contributed by atoms with Gasteiger partial charge in [-0.05, 0) is 37.8 Å². The molecule has 0 heterocycles. The molecule has 0 aliphatic heterocycles. The van der Waals surface area contributed by atoms with E-state index in [0.717, 1.165) is 5.56 Å². The van der Waals surface area contributed by atoms with Crippen molar-refractivity contribution in [3.8, 4) is 0 Å². The van der Waals surface area contributed by atoms with Gasteiger partial charge in [0.25, 0.3) is 0 Å². The summed E-state index contributed by atoms with van der Waals surface area (Å²) in [5.74, 6) is -1.35. The highest BCUT2D eigenvalue weighted by molar-refractivity contribution is 5.87. The van der Waals surface area contributed by atoms with Crippen LogP contribution in [-0.4, -0.2) is 22.8 Å². The van der Waals surface area contributed by atoms with Crippen LogP contribution < -0.4 is 5.32 Å². The fourth-order valence-electron chi connectivity index (χ4n) is 2.97. The Balaban J connectivity index is 2.22. The van der Waals surface area contributed by atoms with Crippen LogP contribution >= 0.6 is 0 Å². The molecule has 0 aromatic heterocycles. The topological polar surface area (TPSA) is 75.6 Å². The van der Waals surface area contributed by atoms with Crippen LogP contribution in [0.2, 0.25) is 0 Å². The Hall–Kier alpha value is -2.04. The summed E-state index contributed by atoms with van der Waals surface area (Å²) in [6.45, 7) is 9.25. The summed E-state index contributed by atoms with van der Waals surface area (Å²) in [7, 11) is 0. The number of aliphatic carboxylic acids is 1. The van der Waals surface area contributed by atoms with Gasteiger partial charge in [0.1, 0.15) is 5.60 Å². The molecule has 2 atom stereocenters. The van der Waals surface area contributed by atoms with E-state index in [9.17, 15) is 14.7 Å². The number of carboxylic acids is 1. The summed E-state index contributed by atoms with van der Waals surface area (Å²) in [6.07, 6.45) is -0.537. The Morgan fingerprint density at radius 2 is 1.82 bits per heavy atom. The molecule has 2 N–H and O–H groups in total.